The van der Waals surface area contributed by atoms with E-state index in [2.05, 4.69) is 5.32 Å². The highest BCUT2D eigenvalue weighted by Crippen LogP contribution is 2.30. The number of nitrogen functional groups attached to an aromatic ring is 1. The Kier molecular flexibility index (Phi) is 5.71. The molecule has 0 radical (unpaired) electrons. The predicted molar refractivity (Wildman–Crippen MR) is 103 cm³/mol. The Labute approximate surface area is 157 Å². The fraction of sp³-hybridized carbons (Fsp3) is 0.316. The van der Waals surface area contributed by atoms with Crippen LogP contribution in [0.4, 0.5) is 11.4 Å². The lowest BCUT2D eigenvalue weighted by molar-refractivity contribution is 0.101. The Morgan fingerprint density at radius 1 is 1.08 bits per heavy atom. The number of benzene rings is 2. The van der Waals surface area contributed by atoms with Gasteiger partial charge in [0.25, 0.3) is 5.91 Å². The predicted octanol–water partition coefficient (Wildman–Crippen LogP) is 5.54. The zero-order valence-electron chi connectivity index (χ0n) is 13.7. The third-order valence-corrected chi connectivity index (χ3v) is 4.82. The van der Waals surface area contributed by atoms with Gasteiger partial charge in [0.2, 0.25) is 0 Å². The van der Waals surface area contributed by atoms with Crippen LogP contribution in [0.5, 0.6) is 5.75 Å². The molecule has 0 aliphatic heterocycles. The molecule has 3 N–H and O–H groups in total. The van der Waals surface area contributed by atoms with Gasteiger partial charge in [-0.05, 0) is 62.1 Å². The Balaban J connectivity index is 1.81. The summed E-state index contributed by atoms with van der Waals surface area (Å²) in [5.41, 5.74) is 7.10. The standard InChI is InChI=1S/C19H20Cl2N2O2/c20-12-6-9-18(25-14-4-2-1-3-5-14)15(10-12)19(24)23-17-8-7-13(22)11-16(17)21/h6-11,14H,1-5,22H2,(H,23,24). The molecule has 0 saturated heterocycles. The number of hydrogen-bond acceptors (Lipinski definition) is 3. The Morgan fingerprint density at radius 2 is 1.84 bits per heavy atom. The van der Waals surface area contributed by atoms with Gasteiger partial charge >= 0.3 is 0 Å². The van der Waals surface area contributed by atoms with E-state index in [0.717, 1.165) is 25.7 Å². The quantitative estimate of drug-likeness (QED) is 0.686. The van der Waals surface area contributed by atoms with Crippen LogP contribution in [-0.2, 0) is 0 Å². The Hall–Kier alpha value is -1.91. The average molecular weight is 379 g/mol. The smallest absolute Gasteiger partial charge is 0.259 e. The molecule has 0 atom stereocenters. The molecule has 0 heterocycles. The van der Waals surface area contributed by atoms with E-state index in [1.54, 1.807) is 36.4 Å². The van der Waals surface area contributed by atoms with Crippen molar-refractivity contribution in [1.29, 1.82) is 0 Å². The highest BCUT2D eigenvalue weighted by Gasteiger charge is 2.20. The topological polar surface area (TPSA) is 64.3 Å². The van der Waals surface area contributed by atoms with E-state index in [4.69, 9.17) is 33.7 Å². The third-order valence-electron chi connectivity index (χ3n) is 4.27. The van der Waals surface area contributed by atoms with E-state index in [9.17, 15) is 4.79 Å². The lowest BCUT2D eigenvalue weighted by Crippen LogP contribution is -2.22. The number of carbonyl (C=O) groups excluding carboxylic acids is 1. The van der Waals surface area contributed by atoms with E-state index in [1.807, 2.05) is 0 Å². The second kappa shape index (κ2) is 7.98. The zero-order chi connectivity index (χ0) is 17.8. The molecule has 0 unspecified atom stereocenters. The summed E-state index contributed by atoms with van der Waals surface area (Å²) in [6.07, 6.45) is 5.70. The monoisotopic (exact) mass is 378 g/mol. The highest BCUT2D eigenvalue weighted by molar-refractivity contribution is 6.34. The summed E-state index contributed by atoms with van der Waals surface area (Å²) in [6.45, 7) is 0. The first kappa shape index (κ1) is 17.9. The minimum Gasteiger partial charge on any atom is -0.490 e. The average Bonchev–Trinajstić information content (AvgIpc) is 2.60. The minimum absolute atomic E-state index is 0.140. The van der Waals surface area contributed by atoms with Crippen LogP contribution < -0.4 is 15.8 Å². The van der Waals surface area contributed by atoms with Gasteiger partial charge in [0.1, 0.15) is 5.75 Å². The van der Waals surface area contributed by atoms with Gasteiger partial charge in [0, 0.05) is 10.7 Å². The number of carbonyl (C=O) groups is 1. The van der Waals surface area contributed by atoms with Crippen molar-refractivity contribution >= 4 is 40.5 Å². The molecule has 2 aromatic carbocycles. The van der Waals surface area contributed by atoms with Crippen molar-refractivity contribution in [2.45, 2.75) is 38.2 Å². The van der Waals surface area contributed by atoms with Crippen LogP contribution in [0.1, 0.15) is 42.5 Å². The summed E-state index contributed by atoms with van der Waals surface area (Å²) in [6, 6.07) is 10.0. The molecular formula is C19H20Cl2N2O2. The zero-order valence-corrected chi connectivity index (χ0v) is 15.2. The number of amides is 1. The molecule has 0 bridgehead atoms. The molecule has 6 heteroatoms. The molecular weight excluding hydrogens is 359 g/mol. The van der Waals surface area contributed by atoms with E-state index in [1.165, 1.54) is 6.42 Å². The molecule has 1 aliphatic rings. The van der Waals surface area contributed by atoms with E-state index < -0.39 is 0 Å². The van der Waals surface area contributed by atoms with Gasteiger partial charge < -0.3 is 15.8 Å². The van der Waals surface area contributed by atoms with Crippen molar-refractivity contribution in [2.75, 3.05) is 11.1 Å². The van der Waals surface area contributed by atoms with Crippen LogP contribution in [0.2, 0.25) is 10.0 Å². The maximum absolute atomic E-state index is 12.7. The molecule has 132 valence electrons. The first-order valence-electron chi connectivity index (χ1n) is 8.35. The fourth-order valence-electron chi connectivity index (χ4n) is 2.97. The molecule has 1 amide bonds. The molecule has 2 aromatic rings. The fourth-order valence-corrected chi connectivity index (χ4v) is 3.38. The first-order valence-corrected chi connectivity index (χ1v) is 9.11. The molecule has 1 fully saturated rings. The summed E-state index contributed by atoms with van der Waals surface area (Å²) < 4.78 is 6.08. The maximum atomic E-state index is 12.7. The second-order valence-corrected chi connectivity index (χ2v) is 7.06. The van der Waals surface area contributed by atoms with Crippen LogP contribution >= 0.6 is 23.2 Å². The van der Waals surface area contributed by atoms with Crippen molar-refractivity contribution in [3.05, 3.63) is 52.0 Å². The van der Waals surface area contributed by atoms with Gasteiger partial charge in [-0.3, -0.25) is 4.79 Å². The minimum atomic E-state index is -0.319. The highest BCUT2D eigenvalue weighted by atomic mass is 35.5. The van der Waals surface area contributed by atoms with Gasteiger partial charge in [0.15, 0.2) is 0 Å². The number of nitrogens with two attached hydrogens (primary N) is 1. The van der Waals surface area contributed by atoms with Gasteiger partial charge in [-0.2, -0.15) is 0 Å². The van der Waals surface area contributed by atoms with E-state index in [0.29, 0.717) is 32.7 Å². The van der Waals surface area contributed by atoms with Gasteiger partial charge in [-0.1, -0.05) is 29.6 Å². The van der Waals surface area contributed by atoms with Crippen LogP contribution in [0, 0.1) is 0 Å². The van der Waals surface area contributed by atoms with Crippen molar-refractivity contribution in [3.63, 3.8) is 0 Å². The summed E-state index contributed by atoms with van der Waals surface area (Å²) in [5, 5.41) is 3.65. The summed E-state index contributed by atoms with van der Waals surface area (Å²) in [5.74, 6) is 0.223. The number of anilines is 2. The number of halogens is 2. The normalized spacial score (nSPS) is 15.0. The maximum Gasteiger partial charge on any atom is 0.259 e. The van der Waals surface area contributed by atoms with E-state index in [-0.39, 0.29) is 12.0 Å². The van der Waals surface area contributed by atoms with Crippen LogP contribution in [0.3, 0.4) is 0 Å². The van der Waals surface area contributed by atoms with Crippen LogP contribution in [0.15, 0.2) is 36.4 Å². The number of nitrogens with one attached hydrogen (secondary N) is 1. The van der Waals surface area contributed by atoms with Crippen LogP contribution in [-0.4, -0.2) is 12.0 Å². The van der Waals surface area contributed by atoms with Crippen molar-refractivity contribution < 1.29 is 9.53 Å². The largest absolute Gasteiger partial charge is 0.490 e. The molecule has 1 aliphatic carbocycles. The lowest BCUT2D eigenvalue weighted by Gasteiger charge is -2.24. The summed E-state index contributed by atoms with van der Waals surface area (Å²) in [4.78, 5) is 12.7. The summed E-state index contributed by atoms with van der Waals surface area (Å²) >= 11 is 12.2. The lowest BCUT2D eigenvalue weighted by atomic mass is 9.97. The molecule has 0 spiro atoms. The summed E-state index contributed by atoms with van der Waals surface area (Å²) in [7, 11) is 0. The molecule has 0 aromatic heterocycles. The van der Waals surface area contributed by atoms with Crippen molar-refractivity contribution in [1.82, 2.24) is 0 Å². The SMILES string of the molecule is Nc1ccc(NC(=O)c2cc(Cl)ccc2OC2CCCCC2)c(Cl)c1. The van der Waals surface area contributed by atoms with Gasteiger partial charge in [-0.15, -0.1) is 0 Å². The number of hydrogen-bond donors (Lipinski definition) is 2. The molecule has 1 saturated carbocycles. The van der Waals surface area contributed by atoms with E-state index >= 15 is 0 Å². The molecule has 4 nitrogen and oxygen atoms in total. The first-order chi connectivity index (χ1) is 12.0. The Bertz CT molecular complexity index is 774. The van der Waals surface area contributed by atoms with Gasteiger partial charge in [-0.25, -0.2) is 0 Å². The number of ether oxygens (including phenoxy) is 1. The third kappa shape index (κ3) is 4.59. The van der Waals surface area contributed by atoms with Gasteiger partial charge in [0.05, 0.1) is 22.4 Å². The second-order valence-electron chi connectivity index (χ2n) is 6.21. The molecule has 25 heavy (non-hydrogen) atoms. The molecule has 3 rings (SSSR count). The van der Waals surface area contributed by atoms with Crippen LogP contribution in [0.25, 0.3) is 0 Å². The van der Waals surface area contributed by atoms with Crippen molar-refractivity contribution in [2.24, 2.45) is 0 Å². The number of rotatable bonds is 4. The van der Waals surface area contributed by atoms with Crippen molar-refractivity contribution in [3.8, 4) is 5.75 Å². The Morgan fingerprint density at radius 3 is 2.56 bits per heavy atom.